The third-order valence-electron chi connectivity index (χ3n) is 2.18. The summed E-state index contributed by atoms with van der Waals surface area (Å²) in [7, 11) is 0. The van der Waals surface area contributed by atoms with Gasteiger partial charge in [-0.15, -0.1) is 6.42 Å². The molecule has 0 heteroatoms. The number of rotatable bonds is 1. The molecule has 0 saturated carbocycles. The molecule has 0 N–H and O–H groups in total. The van der Waals surface area contributed by atoms with Crippen molar-refractivity contribution in [3.05, 3.63) is 35.4 Å². The molecule has 1 rings (SSSR count). The van der Waals surface area contributed by atoms with E-state index in [1.807, 2.05) is 12.1 Å². The van der Waals surface area contributed by atoms with Gasteiger partial charge in [-0.3, -0.25) is 0 Å². The average molecular weight is 158 g/mol. The Hall–Kier alpha value is -1.22. The van der Waals surface area contributed by atoms with E-state index in [9.17, 15) is 0 Å². The Kier molecular flexibility index (Phi) is 2.24. The molecule has 0 atom stereocenters. The molecule has 0 bridgehead atoms. The van der Waals surface area contributed by atoms with Gasteiger partial charge < -0.3 is 0 Å². The smallest absolute Gasteiger partial charge is 0.0506 e. The van der Waals surface area contributed by atoms with Gasteiger partial charge in [0.2, 0.25) is 0 Å². The topological polar surface area (TPSA) is 0 Å². The summed E-state index contributed by atoms with van der Waals surface area (Å²) in [6.07, 6.45) is 5.46. The maximum absolute atomic E-state index is 5.46. The Labute approximate surface area is 74.6 Å². The molecule has 0 aromatic heterocycles. The number of aryl methyl sites for hydroxylation is 1. The van der Waals surface area contributed by atoms with Crippen LogP contribution < -0.4 is 0 Å². The first-order valence-corrected chi connectivity index (χ1v) is 4.12. The van der Waals surface area contributed by atoms with Crippen molar-refractivity contribution < 1.29 is 0 Å². The van der Waals surface area contributed by atoms with Crippen molar-refractivity contribution in [2.75, 3.05) is 0 Å². The van der Waals surface area contributed by atoms with Crippen LogP contribution in [-0.2, 0) is 5.41 Å². The van der Waals surface area contributed by atoms with Crippen molar-refractivity contribution in [2.45, 2.75) is 26.2 Å². The van der Waals surface area contributed by atoms with Crippen LogP contribution in [0.3, 0.4) is 0 Å². The van der Waals surface area contributed by atoms with Gasteiger partial charge in [0.25, 0.3) is 0 Å². The fourth-order valence-corrected chi connectivity index (χ4v) is 1.35. The standard InChI is InChI=1S/C12H14/c1-5-12(3,4)11-9-7-6-8-10(11)2/h1,6-9H,2-4H3. The zero-order valence-electron chi connectivity index (χ0n) is 7.89. The highest BCUT2D eigenvalue weighted by Gasteiger charge is 2.18. The summed E-state index contributed by atoms with van der Waals surface area (Å²) < 4.78 is 0. The lowest BCUT2D eigenvalue weighted by Crippen LogP contribution is -2.15. The Balaban J connectivity index is 3.22. The number of terminal acetylenes is 1. The summed E-state index contributed by atoms with van der Waals surface area (Å²) in [4.78, 5) is 0. The van der Waals surface area contributed by atoms with Crippen molar-refractivity contribution in [1.29, 1.82) is 0 Å². The molecule has 0 heterocycles. The second kappa shape index (κ2) is 3.03. The minimum absolute atomic E-state index is 0.147. The molecule has 0 radical (unpaired) electrons. The van der Waals surface area contributed by atoms with Crippen molar-refractivity contribution in [3.63, 3.8) is 0 Å². The summed E-state index contributed by atoms with van der Waals surface area (Å²) in [5.74, 6) is 2.80. The summed E-state index contributed by atoms with van der Waals surface area (Å²) in [6, 6.07) is 8.25. The molecule has 12 heavy (non-hydrogen) atoms. The lowest BCUT2D eigenvalue weighted by molar-refractivity contribution is 0.693. The largest absolute Gasteiger partial charge is 0.119 e. The molecule has 0 aliphatic heterocycles. The van der Waals surface area contributed by atoms with Gasteiger partial charge in [0, 0.05) is 0 Å². The quantitative estimate of drug-likeness (QED) is 0.551. The van der Waals surface area contributed by atoms with Gasteiger partial charge in [-0.2, -0.15) is 0 Å². The van der Waals surface area contributed by atoms with Crippen LogP contribution >= 0.6 is 0 Å². The molecule has 0 saturated heterocycles. The SMILES string of the molecule is C#CC(C)(C)c1ccccc1C. The highest BCUT2D eigenvalue weighted by atomic mass is 14.2. The first-order valence-electron chi connectivity index (χ1n) is 4.12. The third-order valence-corrected chi connectivity index (χ3v) is 2.18. The first-order chi connectivity index (χ1) is 5.58. The maximum atomic E-state index is 5.46. The van der Waals surface area contributed by atoms with Crippen molar-refractivity contribution in [3.8, 4) is 12.3 Å². The number of hydrogen-bond donors (Lipinski definition) is 0. The van der Waals surface area contributed by atoms with Gasteiger partial charge in [-0.05, 0) is 31.9 Å². The summed E-state index contributed by atoms with van der Waals surface area (Å²) in [5.41, 5.74) is 2.36. The lowest BCUT2D eigenvalue weighted by Gasteiger charge is -2.20. The predicted molar refractivity (Wildman–Crippen MR) is 53.0 cm³/mol. The summed E-state index contributed by atoms with van der Waals surface area (Å²) in [6.45, 7) is 6.22. The van der Waals surface area contributed by atoms with Gasteiger partial charge in [0.15, 0.2) is 0 Å². The van der Waals surface area contributed by atoms with E-state index in [1.165, 1.54) is 11.1 Å². The molecule has 0 unspecified atom stereocenters. The van der Waals surface area contributed by atoms with E-state index in [-0.39, 0.29) is 5.41 Å². The van der Waals surface area contributed by atoms with Crippen LogP contribution in [-0.4, -0.2) is 0 Å². The molecule has 1 aromatic rings. The van der Waals surface area contributed by atoms with Gasteiger partial charge in [-0.1, -0.05) is 30.2 Å². The fourth-order valence-electron chi connectivity index (χ4n) is 1.35. The molecule has 0 aliphatic carbocycles. The fraction of sp³-hybridized carbons (Fsp3) is 0.333. The molecule has 0 nitrogen and oxygen atoms in total. The number of hydrogen-bond acceptors (Lipinski definition) is 0. The normalized spacial score (nSPS) is 10.8. The van der Waals surface area contributed by atoms with Crippen LogP contribution in [0.15, 0.2) is 24.3 Å². The van der Waals surface area contributed by atoms with Gasteiger partial charge in [0.1, 0.15) is 0 Å². The average Bonchev–Trinajstić information content (AvgIpc) is 2.05. The van der Waals surface area contributed by atoms with E-state index < -0.39 is 0 Å². The summed E-state index contributed by atoms with van der Waals surface area (Å²) in [5, 5.41) is 0. The molecule has 0 aliphatic rings. The van der Waals surface area contributed by atoms with Crippen molar-refractivity contribution >= 4 is 0 Å². The Morgan fingerprint density at radius 2 is 1.83 bits per heavy atom. The zero-order valence-corrected chi connectivity index (χ0v) is 7.89. The predicted octanol–water partition coefficient (Wildman–Crippen LogP) is 2.91. The monoisotopic (exact) mass is 158 g/mol. The van der Waals surface area contributed by atoms with E-state index in [0.717, 1.165) is 0 Å². The molecular weight excluding hydrogens is 144 g/mol. The van der Waals surface area contributed by atoms with Crippen LogP contribution in [0, 0.1) is 19.3 Å². The van der Waals surface area contributed by atoms with E-state index in [2.05, 4.69) is 38.8 Å². The molecule has 0 fully saturated rings. The molecular formula is C12H14. The van der Waals surface area contributed by atoms with Crippen LogP contribution in [0.25, 0.3) is 0 Å². The lowest BCUT2D eigenvalue weighted by atomic mass is 9.83. The second-order valence-electron chi connectivity index (χ2n) is 3.58. The summed E-state index contributed by atoms with van der Waals surface area (Å²) >= 11 is 0. The van der Waals surface area contributed by atoms with Crippen molar-refractivity contribution in [1.82, 2.24) is 0 Å². The molecule has 1 aromatic carbocycles. The van der Waals surface area contributed by atoms with Crippen LogP contribution in [0.5, 0.6) is 0 Å². The minimum atomic E-state index is -0.147. The third kappa shape index (κ3) is 1.51. The molecule has 0 spiro atoms. The Morgan fingerprint density at radius 3 is 2.33 bits per heavy atom. The van der Waals surface area contributed by atoms with Gasteiger partial charge in [-0.25, -0.2) is 0 Å². The number of benzene rings is 1. The highest BCUT2D eigenvalue weighted by molar-refractivity contribution is 5.37. The molecule has 62 valence electrons. The van der Waals surface area contributed by atoms with Crippen LogP contribution in [0.1, 0.15) is 25.0 Å². The highest BCUT2D eigenvalue weighted by Crippen LogP contribution is 2.24. The molecule has 0 amide bonds. The van der Waals surface area contributed by atoms with E-state index in [1.54, 1.807) is 0 Å². The van der Waals surface area contributed by atoms with Gasteiger partial charge in [0.05, 0.1) is 5.41 Å². The zero-order chi connectivity index (χ0) is 9.19. The second-order valence-corrected chi connectivity index (χ2v) is 3.58. The maximum Gasteiger partial charge on any atom is 0.0506 e. The first kappa shape index (κ1) is 8.87. The Bertz CT molecular complexity index is 313. The van der Waals surface area contributed by atoms with Crippen LogP contribution in [0.4, 0.5) is 0 Å². The van der Waals surface area contributed by atoms with Gasteiger partial charge >= 0.3 is 0 Å². The van der Waals surface area contributed by atoms with E-state index in [0.29, 0.717) is 0 Å². The minimum Gasteiger partial charge on any atom is -0.119 e. The van der Waals surface area contributed by atoms with E-state index in [4.69, 9.17) is 6.42 Å². The van der Waals surface area contributed by atoms with Crippen molar-refractivity contribution in [2.24, 2.45) is 0 Å². The van der Waals surface area contributed by atoms with E-state index >= 15 is 0 Å². The van der Waals surface area contributed by atoms with Crippen LogP contribution in [0.2, 0.25) is 0 Å². The Morgan fingerprint density at radius 1 is 1.25 bits per heavy atom.